The first kappa shape index (κ1) is 16.3. The molecule has 3 rings (SSSR count). The quantitative estimate of drug-likeness (QED) is 0.855. The van der Waals surface area contributed by atoms with E-state index in [0.29, 0.717) is 26.3 Å². The molecule has 126 valence electrons. The van der Waals surface area contributed by atoms with Gasteiger partial charge in [-0.1, -0.05) is 19.1 Å². The van der Waals surface area contributed by atoms with E-state index in [0.717, 1.165) is 25.0 Å². The summed E-state index contributed by atoms with van der Waals surface area (Å²) in [4.78, 5) is 14.4. The first-order valence-electron chi connectivity index (χ1n) is 8.44. The molecule has 0 aliphatic carbocycles. The smallest absolute Gasteiger partial charge is 0.263 e. The van der Waals surface area contributed by atoms with E-state index in [4.69, 9.17) is 14.2 Å². The molecule has 1 aromatic carbocycles. The Morgan fingerprint density at radius 3 is 2.39 bits per heavy atom. The van der Waals surface area contributed by atoms with Crippen LogP contribution in [0.4, 0.5) is 0 Å². The molecule has 5 heteroatoms. The molecule has 1 spiro atoms. The van der Waals surface area contributed by atoms with Gasteiger partial charge in [-0.2, -0.15) is 0 Å². The first-order valence-corrected chi connectivity index (χ1v) is 8.44. The maximum absolute atomic E-state index is 12.5. The van der Waals surface area contributed by atoms with E-state index < -0.39 is 11.9 Å². The Balaban J connectivity index is 1.53. The maximum Gasteiger partial charge on any atom is 0.263 e. The SMILES string of the molecule is CCc1ccc(O[C@@H](C)C(=O)N2CCC3(CC2)OCCO3)cc1. The molecule has 2 saturated heterocycles. The monoisotopic (exact) mass is 319 g/mol. The number of carbonyl (C=O) groups excluding carboxylic acids is 1. The van der Waals surface area contributed by atoms with Crippen LogP contribution in [0.15, 0.2) is 24.3 Å². The number of benzene rings is 1. The van der Waals surface area contributed by atoms with Gasteiger partial charge < -0.3 is 19.1 Å². The summed E-state index contributed by atoms with van der Waals surface area (Å²) in [5, 5.41) is 0. The lowest BCUT2D eigenvalue weighted by Gasteiger charge is -2.38. The van der Waals surface area contributed by atoms with Crippen molar-refractivity contribution in [3.63, 3.8) is 0 Å². The van der Waals surface area contributed by atoms with Crippen LogP contribution >= 0.6 is 0 Å². The fourth-order valence-electron chi connectivity index (χ4n) is 3.17. The summed E-state index contributed by atoms with van der Waals surface area (Å²) in [6.45, 7) is 6.54. The third kappa shape index (κ3) is 3.67. The maximum atomic E-state index is 12.5. The van der Waals surface area contributed by atoms with Gasteiger partial charge in [-0.25, -0.2) is 0 Å². The van der Waals surface area contributed by atoms with E-state index in [1.165, 1.54) is 5.56 Å². The van der Waals surface area contributed by atoms with Crippen molar-refractivity contribution in [2.24, 2.45) is 0 Å². The standard InChI is InChI=1S/C18H25NO4/c1-3-15-4-6-16(7-5-15)23-14(2)17(20)19-10-8-18(9-11-19)21-12-13-22-18/h4-7,14H,3,8-13H2,1-2H3/t14-/m0/s1. The van der Waals surface area contributed by atoms with Crippen LogP contribution in [0.25, 0.3) is 0 Å². The van der Waals surface area contributed by atoms with Crippen molar-refractivity contribution in [2.45, 2.75) is 45.0 Å². The Hall–Kier alpha value is -1.59. The van der Waals surface area contributed by atoms with Crippen LogP contribution in [0.3, 0.4) is 0 Å². The van der Waals surface area contributed by atoms with Crippen molar-refractivity contribution in [1.82, 2.24) is 4.90 Å². The number of piperidine rings is 1. The summed E-state index contributed by atoms with van der Waals surface area (Å²) in [7, 11) is 0. The van der Waals surface area contributed by atoms with E-state index in [1.54, 1.807) is 0 Å². The molecule has 23 heavy (non-hydrogen) atoms. The lowest BCUT2D eigenvalue weighted by atomic mass is 10.0. The molecule has 0 saturated carbocycles. The van der Waals surface area contributed by atoms with Gasteiger partial charge in [0.25, 0.3) is 5.91 Å². The van der Waals surface area contributed by atoms with Crippen molar-refractivity contribution in [3.8, 4) is 5.75 Å². The summed E-state index contributed by atoms with van der Waals surface area (Å²) in [5.41, 5.74) is 1.26. The van der Waals surface area contributed by atoms with Crippen LogP contribution in [-0.4, -0.2) is 49.0 Å². The second-order valence-corrected chi connectivity index (χ2v) is 6.19. The zero-order chi connectivity index (χ0) is 16.3. The molecule has 1 amide bonds. The molecule has 0 aromatic heterocycles. The summed E-state index contributed by atoms with van der Waals surface area (Å²) in [5.74, 6) is 0.313. The average molecular weight is 319 g/mol. The van der Waals surface area contributed by atoms with Gasteiger partial charge in [-0.15, -0.1) is 0 Å². The van der Waals surface area contributed by atoms with Crippen molar-refractivity contribution >= 4 is 5.91 Å². The molecular formula is C18H25NO4. The Labute approximate surface area is 137 Å². The van der Waals surface area contributed by atoms with Crippen molar-refractivity contribution in [2.75, 3.05) is 26.3 Å². The van der Waals surface area contributed by atoms with E-state index >= 15 is 0 Å². The van der Waals surface area contributed by atoms with Crippen LogP contribution in [0.2, 0.25) is 0 Å². The van der Waals surface area contributed by atoms with Crippen LogP contribution in [0, 0.1) is 0 Å². The number of nitrogens with zero attached hydrogens (tertiary/aromatic N) is 1. The highest BCUT2D eigenvalue weighted by Gasteiger charge is 2.41. The third-order valence-corrected chi connectivity index (χ3v) is 4.64. The van der Waals surface area contributed by atoms with E-state index in [-0.39, 0.29) is 5.91 Å². The topological polar surface area (TPSA) is 48.0 Å². The number of rotatable bonds is 4. The lowest BCUT2D eigenvalue weighted by molar-refractivity contribution is -0.188. The lowest BCUT2D eigenvalue weighted by Crippen LogP contribution is -2.50. The van der Waals surface area contributed by atoms with Gasteiger partial charge >= 0.3 is 0 Å². The van der Waals surface area contributed by atoms with Crippen LogP contribution in [0.1, 0.15) is 32.3 Å². The minimum atomic E-state index is -0.484. The molecule has 2 aliphatic heterocycles. The number of hydrogen-bond acceptors (Lipinski definition) is 4. The predicted molar refractivity (Wildman–Crippen MR) is 86.4 cm³/mol. The first-order chi connectivity index (χ1) is 11.1. The number of amides is 1. The molecule has 5 nitrogen and oxygen atoms in total. The number of carbonyl (C=O) groups is 1. The largest absolute Gasteiger partial charge is 0.481 e. The number of aryl methyl sites for hydroxylation is 1. The van der Waals surface area contributed by atoms with Crippen LogP contribution in [0.5, 0.6) is 5.75 Å². The zero-order valence-corrected chi connectivity index (χ0v) is 13.9. The minimum absolute atomic E-state index is 0.0254. The highest BCUT2D eigenvalue weighted by Crippen LogP contribution is 2.31. The molecule has 1 aromatic rings. The normalized spacial score (nSPS) is 21.4. The molecule has 0 unspecified atom stereocenters. The van der Waals surface area contributed by atoms with E-state index in [9.17, 15) is 4.79 Å². The molecule has 2 fully saturated rings. The Bertz CT molecular complexity index is 526. The second-order valence-electron chi connectivity index (χ2n) is 6.19. The van der Waals surface area contributed by atoms with Crippen LogP contribution < -0.4 is 4.74 Å². The molecule has 2 aliphatic rings. The number of likely N-dealkylation sites (tertiary alicyclic amines) is 1. The summed E-state index contributed by atoms with van der Waals surface area (Å²) in [6.07, 6.45) is 1.98. The average Bonchev–Trinajstić information content (AvgIpc) is 3.03. The van der Waals surface area contributed by atoms with Gasteiger partial charge in [-0.05, 0) is 31.0 Å². The summed E-state index contributed by atoms with van der Waals surface area (Å²) >= 11 is 0. The zero-order valence-electron chi connectivity index (χ0n) is 13.9. The second kappa shape index (κ2) is 6.89. The minimum Gasteiger partial charge on any atom is -0.481 e. The van der Waals surface area contributed by atoms with E-state index in [1.807, 2.05) is 36.1 Å². The Morgan fingerprint density at radius 1 is 1.22 bits per heavy atom. The Kier molecular flexibility index (Phi) is 4.87. The molecule has 1 atom stereocenters. The summed E-state index contributed by atoms with van der Waals surface area (Å²) < 4.78 is 17.2. The Morgan fingerprint density at radius 2 is 1.83 bits per heavy atom. The molecule has 0 N–H and O–H groups in total. The summed E-state index contributed by atoms with van der Waals surface area (Å²) in [6, 6.07) is 7.92. The predicted octanol–water partition coefficient (Wildman–Crippen LogP) is 2.38. The van der Waals surface area contributed by atoms with Gasteiger partial charge in [-0.3, -0.25) is 4.79 Å². The van der Waals surface area contributed by atoms with Gasteiger partial charge in [0, 0.05) is 25.9 Å². The fourth-order valence-corrected chi connectivity index (χ4v) is 3.17. The molecule has 2 heterocycles. The van der Waals surface area contributed by atoms with Gasteiger partial charge in [0.05, 0.1) is 13.2 Å². The van der Waals surface area contributed by atoms with E-state index in [2.05, 4.69) is 6.92 Å². The van der Waals surface area contributed by atoms with Gasteiger partial charge in [0.1, 0.15) is 5.75 Å². The van der Waals surface area contributed by atoms with Crippen LogP contribution in [-0.2, 0) is 20.7 Å². The van der Waals surface area contributed by atoms with Crippen molar-refractivity contribution in [1.29, 1.82) is 0 Å². The number of ether oxygens (including phenoxy) is 3. The molecular weight excluding hydrogens is 294 g/mol. The van der Waals surface area contributed by atoms with Gasteiger partial charge in [0.15, 0.2) is 11.9 Å². The highest BCUT2D eigenvalue weighted by molar-refractivity contribution is 5.81. The third-order valence-electron chi connectivity index (χ3n) is 4.64. The number of hydrogen-bond donors (Lipinski definition) is 0. The molecule has 0 radical (unpaired) electrons. The fraction of sp³-hybridized carbons (Fsp3) is 0.611. The van der Waals surface area contributed by atoms with Gasteiger partial charge in [0.2, 0.25) is 0 Å². The highest BCUT2D eigenvalue weighted by atomic mass is 16.7. The molecule has 0 bridgehead atoms. The van der Waals surface area contributed by atoms with Crippen molar-refractivity contribution in [3.05, 3.63) is 29.8 Å². The van der Waals surface area contributed by atoms with Crippen molar-refractivity contribution < 1.29 is 19.0 Å².